The molecule has 0 radical (unpaired) electrons. The molecule has 0 N–H and O–H groups in total. The molecule has 0 saturated heterocycles. The SMILES string of the molecule is CC(C)n1c(C=O)nc2c(Cl)cccc21. The first-order valence-electron chi connectivity index (χ1n) is 4.76. The highest BCUT2D eigenvalue weighted by atomic mass is 35.5. The van der Waals surface area contributed by atoms with Crippen molar-refractivity contribution in [2.24, 2.45) is 0 Å². The van der Waals surface area contributed by atoms with Gasteiger partial charge in [0.25, 0.3) is 0 Å². The van der Waals surface area contributed by atoms with Gasteiger partial charge >= 0.3 is 0 Å². The van der Waals surface area contributed by atoms with Gasteiger partial charge in [-0.2, -0.15) is 0 Å². The Morgan fingerprint density at radius 3 is 2.80 bits per heavy atom. The van der Waals surface area contributed by atoms with Crippen LogP contribution in [0.3, 0.4) is 0 Å². The molecule has 0 atom stereocenters. The van der Waals surface area contributed by atoms with Gasteiger partial charge in [-0.05, 0) is 26.0 Å². The van der Waals surface area contributed by atoms with Gasteiger partial charge in [-0.1, -0.05) is 17.7 Å². The van der Waals surface area contributed by atoms with Crippen molar-refractivity contribution in [3.8, 4) is 0 Å². The number of para-hydroxylation sites is 1. The van der Waals surface area contributed by atoms with Crippen LogP contribution in [0.15, 0.2) is 18.2 Å². The van der Waals surface area contributed by atoms with Crippen LogP contribution in [-0.2, 0) is 0 Å². The zero-order valence-electron chi connectivity index (χ0n) is 8.57. The van der Waals surface area contributed by atoms with E-state index < -0.39 is 0 Å². The number of imidazole rings is 1. The largest absolute Gasteiger partial charge is 0.319 e. The lowest BCUT2D eigenvalue weighted by atomic mass is 10.3. The van der Waals surface area contributed by atoms with E-state index in [0.29, 0.717) is 16.4 Å². The number of nitrogens with zero attached hydrogens (tertiary/aromatic N) is 2. The number of aldehydes is 1. The van der Waals surface area contributed by atoms with Gasteiger partial charge in [0.2, 0.25) is 0 Å². The number of rotatable bonds is 2. The van der Waals surface area contributed by atoms with Gasteiger partial charge in [-0.15, -0.1) is 0 Å². The van der Waals surface area contributed by atoms with Crippen molar-refractivity contribution in [3.05, 3.63) is 29.0 Å². The number of fused-ring (bicyclic) bond motifs is 1. The molecule has 2 rings (SSSR count). The zero-order valence-corrected chi connectivity index (χ0v) is 9.32. The fourth-order valence-electron chi connectivity index (χ4n) is 1.73. The summed E-state index contributed by atoms with van der Waals surface area (Å²) in [7, 11) is 0. The van der Waals surface area contributed by atoms with E-state index in [4.69, 9.17) is 11.6 Å². The molecule has 4 heteroatoms. The van der Waals surface area contributed by atoms with Crippen LogP contribution in [0.4, 0.5) is 0 Å². The molecule has 1 aromatic heterocycles. The monoisotopic (exact) mass is 222 g/mol. The minimum atomic E-state index is 0.189. The van der Waals surface area contributed by atoms with Crippen LogP contribution in [0.2, 0.25) is 5.02 Å². The van der Waals surface area contributed by atoms with Gasteiger partial charge < -0.3 is 4.57 Å². The van der Waals surface area contributed by atoms with E-state index in [9.17, 15) is 4.79 Å². The average Bonchev–Trinajstić information content (AvgIpc) is 2.57. The molecule has 0 spiro atoms. The van der Waals surface area contributed by atoms with Crippen LogP contribution in [0.1, 0.15) is 30.5 Å². The van der Waals surface area contributed by atoms with Crippen LogP contribution >= 0.6 is 11.6 Å². The van der Waals surface area contributed by atoms with Crippen LogP contribution < -0.4 is 0 Å². The second-order valence-corrected chi connectivity index (χ2v) is 4.07. The summed E-state index contributed by atoms with van der Waals surface area (Å²) < 4.78 is 1.88. The van der Waals surface area contributed by atoms with E-state index in [2.05, 4.69) is 4.98 Å². The first-order valence-corrected chi connectivity index (χ1v) is 5.14. The predicted octanol–water partition coefficient (Wildman–Crippen LogP) is 3.08. The van der Waals surface area contributed by atoms with Gasteiger partial charge in [0.1, 0.15) is 5.52 Å². The van der Waals surface area contributed by atoms with E-state index >= 15 is 0 Å². The number of benzene rings is 1. The summed E-state index contributed by atoms with van der Waals surface area (Å²) in [4.78, 5) is 15.1. The number of carbonyl (C=O) groups excluding carboxylic acids is 1. The standard InChI is InChI=1S/C11H11ClN2O/c1-7(2)14-9-5-3-4-8(12)11(9)13-10(14)6-15/h3-7H,1-2H3. The van der Waals surface area contributed by atoms with Gasteiger partial charge in [0.15, 0.2) is 12.1 Å². The number of carbonyl (C=O) groups is 1. The molecule has 0 aliphatic rings. The van der Waals surface area contributed by atoms with E-state index in [1.54, 1.807) is 6.07 Å². The Balaban J connectivity index is 2.86. The minimum Gasteiger partial charge on any atom is -0.319 e. The van der Waals surface area contributed by atoms with Crippen molar-refractivity contribution >= 4 is 28.9 Å². The summed E-state index contributed by atoms with van der Waals surface area (Å²) in [5.41, 5.74) is 1.59. The molecular formula is C11H11ClN2O. The maximum Gasteiger partial charge on any atom is 0.185 e. The zero-order chi connectivity index (χ0) is 11.0. The quantitative estimate of drug-likeness (QED) is 0.732. The molecule has 15 heavy (non-hydrogen) atoms. The molecule has 1 aromatic carbocycles. The lowest BCUT2D eigenvalue weighted by molar-refractivity contribution is 0.111. The second kappa shape index (κ2) is 3.66. The first kappa shape index (κ1) is 10.2. The van der Waals surface area contributed by atoms with Crippen molar-refractivity contribution in [2.75, 3.05) is 0 Å². The van der Waals surface area contributed by atoms with Gasteiger partial charge in [0, 0.05) is 6.04 Å². The highest BCUT2D eigenvalue weighted by molar-refractivity contribution is 6.35. The smallest absolute Gasteiger partial charge is 0.185 e. The molecule has 0 unspecified atom stereocenters. The topological polar surface area (TPSA) is 34.9 Å². The lowest BCUT2D eigenvalue weighted by Crippen LogP contribution is -2.05. The van der Waals surface area contributed by atoms with Crippen molar-refractivity contribution < 1.29 is 4.79 Å². The van der Waals surface area contributed by atoms with Crippen molar-refractivity contribution in [1.29, 1.82) is 0 Å². The van der Waals surface area contributed by atoms with Crippen molar-refractivity contribution in [1.82, 2.24) is 9.55 Å². The number of aromatic nitrogens is 2. The van der Waals surface area contributed by atoms with Crippen LogP contribution in [0, 0.1) is 0 Å². The molecule has 1 heterocycles. The number of hydrogen-bond acceptors (Lipinski definition) is 2. The Kier molecular flexibility index (Phi) is 2.49. The summed E-state index contributed by atoms with van der Waals surface area (Å²) in [6.07, 6.45) is 0.760. The number of hydrogen-bond donors (Lipinski definition) is 0. The third-order valence-electron chi connectivity index (χ3n) is 2.32. The Hall–Kier alpha value is -1.35. The van der Waals surface area contributed by atoms with Gasteiger partial charge in [0.05, 0.1) is 10.5 Å². The van der Waals surface area contributed by atoms with Gasteiger partial charge in [-0.25, -0.2) is 4.98 Å². The van der Waals surface area contributed by atoms with Crippen LogP contribution in [-0.4, -0.2) is 15.8 Å². The molecule has 0 bridgehead atoms. The van der Waals surface area contributed by atoms with Gasteiger partial charge in [-0.3, -0.25) is 4.79 Å². The molecule has 0 amide bonds. The Bertz CT molecular complexity index is 517. The Morgan fingerprint density at radius 2 is 2.20 bits per heavy atom. The highest BCUT2D eigenvalue weighted by Crippen LogP contribution is 2.25. The highest BCUT2D eigenvalue weighted by Gasteiger charge is 2.13. The normalized spacial score (nSPS) is 11.2. The van der Waals surface area contributed by atoms with Crippen molar-refractivity contribution in [2.45, 2.75) is 19.9 Å². The summed E-state index contributed by atoms with van der Waals surface area (Å²) in [6.45, 7) is 4.02. The minimum absolute atomic E-state index is 0.189. The Labute approximate surface area is 92.7 Å². The third-order valence-corrected chi connectivity index (χ3v) is 2.63. The van der Waals surface area contributed by atoms with E-state index in [1.807, 2.05) is 30.5 Å². The molecule has 3 nitrogen and oxygen atoms in total. The summed E-state index contributed by atoms with van der Waals surface area (Å²) >= 11 is 6.01. The predicted molar refractivity (Wildman–Crippen MR) is 60.5 cm³/mol. The molecule has 0 fully saturated rings. The maximum absolute atomic E-state index is 10.9. The fraction of sp³-hybridized carbons (Fsp3) is 0.273. The fourth-order valence-corrected chi connectivity index (χ4v) is 1.94. The summed E-state index contributed by atoms with van der Waals surface area (Å²) in [5, 5.41) is 0.579. The molecular weight excluding hydrogens is 212 g/mol. The van der Waals surface area contributed by atoms with E-state index in [1.165, 1.54) is 0 Å². The number of halogens is 1. The summed E-state index contributed by atoms with van der Waals surface area (Å²) in [5.74, 6) is 0.424. The molecule has 0 aliphatic heterocycles. The van der Waals surface area contributed by atoms with E-state index in [0.717, 1.165) is 11.8 Å². The molecule has 78 valence electrons. The Morgan fingerprint density at radius 1 is 1.47 bits per heavy atom. The van der Waals surface area contributed by atoms with Crippen molar-refractivity contribution in [3.63, 3.8) is 0 Å². The third kappa shape index (κ3) is 1.53. The maximum atomic E-state index is 10.9. The molecule has 0 aliphatic carbocycles. The average molecular weight is 223 g/mol. The second-order valence-electron chi connectivity index (χ2n) is 3.66. The first-order chi connectivity index (χ1) is 7.15. The summed E-state index contributed by atoms with van der Waals surface area (Å²) in [6, 6.07) is 5.74. The van der Waals surface area contributed by atoms with E-state index in [-0.39, 0.29) is 6.04 Å². The van der Waals surface area contributed by atoms with Crippen LogP contribution in [0.25, 0.3) is 11.0 Å². The lowest BCUT2D eigenvalue weighted by Gasteiger charge is -2.09. The van der Waals surface area contributed by atoms with Crippen LogP contribution in [0.5, 0.6) is 0 Å². The molecule has 2 aromatic rings. The molecule has 0 saturated carbocycles.